The summed E-state index contributed by atoms with van der Waals surface area (Å²) < 4.78 is 11.5. The van der Waals surface area contributed by atoms with E-state index in [1.165, 1.54) is 0 Å². The third-order valence-electron chi connectivity index (χ3n) is 2.83. The van der Waals surface area contributed by atoms with Gasteiger partial charge in [-0.1, -0.05) is 19.1 Å². The summed E-state index contributed by atoms with van der Waals surface area (Å²) >= 11 is 0. The predicted molar refractivity (Wildman–Crippen MR) is 65.7 cm³/mol. The van der Waals surface area contributed by atoms with E-state index in [0.29, 0.717) is 12.4 Å². The molecule has 1 N–H and O–H groups in total. The van der Waals surface area contributed by atoms with Crippen molar-refractivity contribution in [3.8, 4) is 11.5 Å². The normalized spacial score (nSPS) is 17.7. The second-order valence-corrected chi connectivity index (χ2v) is 4.25. The third kappa shape index (κ3) is 2.03. The van der Waals surface area contributed by atoms with Crippen LogP contribution in [0.5, 0.6) is 11.5 Å². The van der Waals surface area contributed by atoms with Gasteiger partial charge in [-0.15, -0.1) is 0 Å². The summed E-state index contributed by atoms with van der Waals surface area (Å²) in [5, 5.41) is 7.12. The first-order chi connectivity index (χ1) is 8.86. The quantitative estimate of drug-likeness (QED) is 0.901. The molecule has 0 aliphatic carbocycles. The van der Waals surface area contributed by atoms with Gasteiger partial charge < -0.3 is 9.47 Å². The number of nitrogens with zero attached hydrogens (tertiary/aromatic N) is 2. The third-order valence-corrected chi connectivity index (χ3v) is 2.83. The van der Waals surface area contributed by atoms with Crippen molar-refractivity contribution in [1.82, 2.24) is 15.2 Å². The van der Waals surface area contributed by atoms with E-state index in [9.17, 15) is 0 Å². The molecule has 2 heterocycles. The molecule has 0 spiro atoms. The average Bonchev–Trinajstić information content (AvgIpc) is 2.87. The second kappa shape index (κ2) is 4.68. The summed E-state index contributed by atoms with van der Waals surface area (Å²) in [4.78, 5) is 4.42. The van der Waals surface area contributed by atoms with E-state index in [4.69, 9.17) is 9.47 Å². The summed E-state index contributed by atoms with van der Waals surface area (Å²) in [6, 6.07) is 7.63. The fourth-order valence-corrected chi connectivity index (χ4v) is 1.95. The lowest BCUT2D eigenvalue weighted by Gasteiger charge is -2.24. The zero-order valence-corrected chi connectivity index (χ0v) is 10.2. The number of aromatic amines is 1. The number of ether oxygens (including phenoxy) is 2. The van der Waals surface area contributed by atoms with Crippen molar-refractivity contribution in [2.45, 2.75) is 25.9 Å². The summed E-state index contributed by atoms with van der Waals surface area (Å²) in [5.74, 6) is 3.08. The fourth-order valence-electron chi connectivity index (χ4n) is 1.95. The highest BCUT2D eigenvalue weighted by Gasteiger charge is 2.25. The molecule has 94 valence electrons. The van der Waals surface area contributed by atoms with Crippen molar-refractivity contribution in [3.05, 3.63) is 35.9 Å². The molecule has 1 aromatic carbocycles. The van der Waals surface area contributed by atoms with Crippen LogP contribution in [-0.2, 0) is 6.42 Å². The monoisotopic (exact) mass is 245 g/mol. The summed E-state index contributed by atoms with van der Waals surface area (Å²) in [7, 11) is 0. The van der Waals surface area contributed by atoms with Gasteiger partial charge in [0.15, 0.2) is 23.4 Å². The van der Waals surface area contributed by atoms with Crippen LogP contribution >= 0.6 is 0 Å². The van der Waals surface area contributed by atoms with Gasteiger partial charge in [-0.25, -0.2) is 4.98 Å². The van der Waals surface area contributed by atoms with Crippen LogP contribution in [0.1, 0.15) is 31.1 Å². The van der Waals surface area contributed by atoms with E-state index in [0.717, 1.165) is 30.2 Å². The van der Waals surface area contributed by atoms with E-state index in [1.54, 1.807) is 0 Å². The molecule has 0 saturated carbocycles. The Labute approximate surface area is 105 Å². The summed E-state index contributed by atoms with van der Waals surface area (Å²) in [6.07, 6.45) is 1.71. The standard InChI is InChI=1S/C13H15N3O2/c1-2-5-12-14-13(16-15-12)11-8-17-9-6-3-4-7-10(9)18-11/h3-4,6-7,11H,2,5,8H2,1H3,(H,14,15,16). The molecule has 0 radical (unpaired) electrons. The van der Waals surface area contributed by atoms with Crippen LogP contribution in [0.4, 0.5) is 0 Å². The van der Waals surface area contributed by atoms with Crippen molar-refractivity contribution < 1.29 is 9.47 Å². The molecule has 1 unspecified atom stereocenters. The van der Waals surface area contributed by atoms with Crippen molar-refractivity contribution in [3.63, 3.8) is 0 Å². The van der Waals surface area contributed by atoms with Gasteiger partial charge in [-0.2, -0.15) is 5.10 Å². The zero-order chi connectivity index (χ0) is 12.4. The predicted octanol–water partition coefficient (Wildman–Crippen LogP) is 2.27. The van der Waals surface area contributed by atoms with E-state index in [2.05, 4.69) is 22.1 Å². The van der Waals surface area contributed by atoms with Gasteiger partial charge in [0.2, 0.25) is 0 Å². The number of H-pyrrole nitrogens is 1. The molecule has 18 heavy (non-hydrogen) atoms. The van der Waals surface area contributed by atoms with E-state index < -0.39 is 0 Å². The first kappa shape index (κ1) is 11.1. The highest BCUT2D eigenvalue weighted by atomic mass is 16.6. The molecule has 0 fully saturated rings. The van der Waals surface area contributed by atoms with Crippen LogP contribution in [0.25, 0.3) is 0 Å². The van der Waals surface area contributed by atoms with Gasteiger partial charge >= 0.3 is 0 Å². The largest absolute Gasteiger partial charge is 0.485 e. The Kier molecular flexibility index (Phi) is 2.88. The molecular weight excluding hydrogens is 230 g/mol. The maximum Gasteiger partial charge on any atom is 0.194 e. The van der Waals surface area contributed by atoms with Crippen molar-refractivity contribution in [2.24, 2.45) is 0 Å². The van der Waals surface area contributed by atoms with E-state index in [1.807, 2.05) is 24.3 Å². The molecule has 0 amide bonds. The van der Waals surface area contributed by atoms with Crippen LogP contribution in [-0.4, -0.2) is 21.8 Å². The lowest BCUT2D eigenvalue weighted by atomic mass is 10.2. The lowest BCUT2D eigenvalue weighted by molar-refractivity contribution is 0.0853. The first-order valence-electron chi connectivity index (χ1n) is 6.16. The molecule has 0 bridgehead atoms. The number of benzene rings is 1. The fraction of sp³-hybridized carbons (Fsp3) is 0.385. The Morgan fingerprint density at radius 1 is 1.33 bits per heavy atom. The van der Waals surface area contributed by atoms with Crippen LogP contribution < -0.4 is 9.47 Å². The number of hydrogen-bond acceptors (Lipinski definition) is 4. The van der Waals surface area contributed by atoms with E-state index >= 15 is 0 Å². The second-order valence-electron chi connectivity index (χ2n) is 4.25. The summed E-state index contributed by atoms with van der Waals surface area (Å²) in [5.41, 5.74) is 0. The topological polar surface area (TPSA) is 60.0 Å². The molecule has 1 atom stereocenters. The number of hydrogen-bond donors (Lipinski definition) is 1. The minimum Gasteiger partial charge on any atom is -0.485 e. The van der Waals surface area contributed by atoms with Gasteiger partial charge in [0.25, 0.3) is 0 Å². The SMILES string of the molecule is CCCc1nc(C2COc3ccccc3O2)n[nH]1. The molecule has 2 aromatic rings. The average molecular weight is 245 g/mol. The zero-order valence-electron chi connectivity index (χ0n) is 10.2. The smallest absolute Gasteiger partial charge is 0.194 e. The Balaban J connectivity index is 1.78. The molecular formula is C13H15N3O2. The number of aromatic nitrogens is 3. The minimum atomic E-state index is -0.234. The van der Waals surface area contributed by atoms with Gasteiger partial charge in [0.1, 0.15) is 12.4 Å². The number of rotatable bonds is 3. The minimum absolute atomic E-state index is 0.234. The molecule has 0 saturated heterocycles. The highest BCUT2D eigenvalue weighted by molar-refractivity contribution is 5.40. The van der Waals surface area contributed by atoms with Crippen molar-refractivity contribution in [2.75, 3.05) is 6.61 Å². The molecule has 5 nitrogen and oxygen atoms in total. The maximum absolute atomic E-state index is 5.84. The Morgan fingerprint density at radius 2 is 2.17 bits per heavy atom. The first-order valence-corrected chi connectivity index (χ1v) is 6.16. The van der Waals surface area contributed by atoms with Gasteiger partial charge in [0, 0.05) is 6.42 Å². The number of para-hydroxylation sites is 2. The number of aryl methyl sites for hydroxylation is 1. The Morgan fingerprint density at radius 3 is 3.00 bits per heavy atom. The van der Waals surface area contributed by atoms with Crippen LogP contribution in [0.3, 0.4) is 0 Å². The molecule has 3 rings (SSSR count). The molecule has 1 aliphatic rings. The lowest BCUT2D eigenvalue weighted by Crippen LogP contribution is -2.22. The molecule has 5 heteroatoms. The van der Waals surface area contributed by atoms with Gasteiger partial charge in [0.05, 0.1) is 0 Å². The highest BCUT2D eigenvalue weighted by Crippen LogP contribution is 2.34. The summed E-state index contributed by atoms with van der Waals surface area (Å²) in [6.45, 7) is 2.55. The molecule has 1 aliphatic heterocycles. The van der Waals surface area contributed by atoms with Crippen LogP contribution in [0, 0.1) is 0 Å². The van der Waals surface area contributed by atoms with Crippen molar-refractivity contribution >= 4 is 0 Å². The van der Waals surface area contributed by atoms with E-state index in [-0.39, 0.29) is 6.10 Å². The number of nitrogens with one attached hydrogen (secondary N) is 1. The Bertz CT molecular complexity index is 539. The van der Waals surface area contributed by atoms with Gasteiger partial charge in [-0.05, 0) is 18.6 Å². The van der Waals surface area contributed by atoms with Crippen LogP contribution in [0.15, 0.2) is 24.3 Å². The maximum atomic E-state index is 5.84. The molecule has 1 aromatic heterocycles. The van der Waals surface area contributed by atoms with Crippen molar-refractivity contribution in [1.29, 1.82) is 0 Å². The number of fused-ring (bicyclic) bond motifs is 1. The van der Waals surface area contributed by atoms with Gasteiger partial charge in [-0.3, -0.25) is 5.10 Å². The Hall–Kier alpha value is -2.04. The van der Waals surface area contributed by atoms with Crippen LogP contribution in [0.2, 0.25) is 0 Å².